The Balaban J connectivity index is 1.67. The van der Waals surface area contributed by atoms with Crippen molar-refractivity contribution < 1.29 is 14.7 Å². The third-order valence-corrected chi connectivity index (χ3v) is 3.31. The lowest BCUT2D eigenvalue weighted by molar-refractivity contribution is -0.137. The summed E-state index contributed by atoms with van der Waals surface area (Å²) in [4.78, 5) is 23.0. The number of carboxylic acid groups (broad SMARTS) is 1. The second-order valence-electron chi connectivity index (χ2n) is 5.13. The van der Waals surface area contributed by atoms with E-state index in [0.29, 0.717) is 12.2 Å². The van der Waals surface area contributed by atoms with Crippen molar-refractivity contribution in [3.63, 3.8) is 0 Å². The van der Waals surface area contributed by atoms with Gasteiger partial charge in [0.1, 0.15) is 12.2 Å². The molecule has 0 aliphatic rings. The van der Waals surface area contributed by atoms with Gasteiger partial charge in [0.25, 0.3) is 5.91 Å². The summed E-state index contributed by atoms with van der Waals surface area (Å²) >= 11 is 0. The number of hydrogen-bond acceptors (Lipinski definition) is 4. The zero-order valence-corrected chi connectivity index (χ0v) is 12.7. The number of nitrogens with zero attached hydrogens (tertiary/aromatic N) is 4. The summed E-state index contributed by atoms with van der Waals surface area (Å²) in [6, 6.07) is 11.3. The first-order valence-electron chi connectivity index (χ1n) is 7.23. The summed E-state index contributed by atoms with van der Waals surface area (Å²) < 4.78 is 2.84. The first kappa shape index (κ1) is 15.5. The highest BCUT2D eigenvalue weighted by Crippen LogP contribution is 2.10. The molecule has 0 saturated carbocycles. The van der Waals surface area contributed by atoms with Crippen molar-refractivity contribution in [3.05, 3.63) is 66.2 Å². The van der Waals surface area contributed by atoms with Crippen molar-refractivity contribution in [1.29, 1.82) is 0 Å². The first-order valence-corrected chi connectivity index (χ1v) is 7.23. The number of carbonyl (C=O) groups is 2. The van der Waals surface area contributed by atoms with E-state index in [9.17, 15) is 9.59 Å². The molecule has 2 N–H and O–H groups in total. The lowest BCUT2D eigenvalue weighted by Gasteiger charge is -2.05. The fraction of sp³-hybridized carbons (Fsp3) is 0.125. The second kappa shape index (κ2) is 6.78. The van der Waals surface area contributed by atoms with Crippen LogP contribution in [0.5, 0.6) is 0 Å². The largest absolute Gasteiger partial charge is 0.480 e. The summed E-state index contributed by atoms with van der Waals surface area (Å²) in [6.45, 7) is 0.219. The van der Waals surface area contributed by atoms with Gasteiger partial charge in [-0.2, -0.15) is 10.2 Å². The van der Waals surface area contributed by atoms with E-state index in [1.165, 1.54) is 12.3 Å². The Morgan fingerprint density at radius 3 is 2.67 bits per heavy atom. The minimum Gasteiger partial charge on any atom is -0.480 e. The number of benzene rings is 1. The van der Waals surface area contributed by atoms with Gasteiger partial charge < -0.3 is 10.4 Å². The van der Waals surface area contributed by atoms with E-state index in [1.54, 1.807) is 17.1 Å². The molecule has 0 atom stereocenters. The van der Waals surface area contributed by atoms with Crippen LogP contribution in [0.3, 0.4) is 0 Å². The second-order valence-corrected chi connectivity index (χ2v) is 5.13. The highest BCUT2D eigenvalue weighted by atomic mass is 16.4. The van der Waals surface area contributed by atoms with Gasteiger partial charge in [0.2, 0.25) is 0 Å². The average molecular weight is 325 g/mol. The van der Waals surface area contributed by atoms with Gasteiger partial charge in [-0.05, 0) is 11.6 Å². The van der Waals surface area contributed by atoms with Gasteiger partial charge in [-0.15, -0.1) is 0 Å². The molecule has 3 rings (SSSR count). The molecule has 0 bridgehead atoms. The van der Waals surface area contributed by atoms with Crippen molar-refractivity contribution in [2.75, 3.05) is 5.32 Å². The topological polar surface area (TPSA) is 102 Å². The maximum atomic E-state index is 12.2. The number of nitrogens with one attached hydrogen (secondary N) is 1. The Labute approximate surface area is 137 Å². The molecule has 0 spiro atoms. The molecular formula is C16H15N5O3. The highest BCUT2D eigenvalue weighted by molar-refractivity contribution is 6.03. The van der Waals surface area contributed by atoms with Crippen molar-refractivity contribution in [2.45, 2.75) is 13.1 Å². The number of anilines is 1. The molecule has 0 saturated heterocycles. The smallest absolute Gasteiger partial charge is 0.325 e. The lowest BCUT2D eigenvalue weighted by atomic mass is 10.2. The van der Waals surface area contributed by atoms with Crippen LogP contribution in [0.1, 0.15) is 16.1 Å². The molecule has 0 aliphatic heterocycles. The normalized spacial score (nSPS) is 10.5. The molecule has 2 aromatic heterocycles. The average Bonchev–Trinajstić information content (AvgIpc) is 3.17. The Kier molecular flexibility index (Phi) is 4.37. The van der Waals surface area contributed by atoms with Crippen LogP contribution >= 0.6 is 0 Å². The lowest BCUT2D eigenvalue weighted by Crippen LogP contribution is -2.20. The van der Waals surface area contributed by atoms with Crippen LogP contribution in [-0.4, -0.2) is 36.5 Å². The van der Waals surface area contributed by atoms with Crippen LogP contribution in [0.15, 0.2) is 55.0 Å². The van der Waals surface area contributed by atoms with Crippen molar-refractivity contribution in [2.24, 2.45) is 0 Å². The summed E-state index contributed by atoms with van der Waals surface area (Å²) in [5.41, 5.74) is 1.80. The van der Waals surface area contributed by atoms with E-state index >= 15 is 0 Å². The monoisotopic (exact) mass is 325 g/mol. The fourth-order valence-electron chi connectivity index (χ4n) is 2.26. The molecule has 1 aromatic carbocycles. The summed E-state index contributed by atoms with van der Waals surface area (Å²) in [5.74, 6) is -1.50. The quantitative estimate of drug-likeness (QED) is 0.714. The van der Waals surface area contributed by atoms with E-state index in [1.807, 2.05) is 30.3 Å². The number of amides is 1. The Hall–Kier alpha value is -3.42. The van der Waals surface area contributed by atoms with Crippen molar-refractivity contribution >= 4 is 17.6 Å². The predicted octanol–water partition coefficient (Wildman–Crippen LogP) is 1.46. The van der Waals surface area contributed by atoms with E-state index in [2.05, 4.69) is 15.5 Å². The van der Waals surface area contributed by atoms with E-state index in [-0.39, 0.29) is 12.2 Å². The van der Waals surface area contributed by atoms with Crippen molar-refractivity contribution in [3.8, 4) is 0 Å². The summed E-state index contributed by atoms with van der Waals surface area (Å²) in [5, 5.41) is 19.5. The zero-order chi connectivity index (χ0) is 16.9. The molecule has 3 aromatic rings. The van der Waals surface area contributed by atoms with Crippen LogP contribution in [0.2, 0.25) is 0 Å². The van der Waals surface area contributed by atoms with Crippen LogP contribution < -0.4 is 5.32 Å². The standard InChI is InChI=1S/C16H15N5O3/c22-15(23)11-21-14(6-7-17-21)16(24)19-13-8-18-20(10-13)9-12-4-2-1-3-5-12/h1-8,10H,9,11H2,(H,19,24)(H,22,23). The van der Waals surface area contributed by atoms with Crippen molar-refractivity contribution in [1.82, 2.24) is 19.6 Å². The summed E-state index contributed by atoms with van der Waals surface area (Å²) in [7, 11) is 0. The van der Waals surface area contributed by atoms with Crippen LogP contribution in [-0.2, 0) is 17.9 Å². The molecule has 1 amide bonds. The molecule has 0 fully saturated rings. The minimum absolute atomic E-state index is 0.174. The molecule has 8 nitrogen and oxygen atoms in total. The van der Waals surface area contributed by atoms with Gasteiger partial charge in [-0.25, -0.2) is 4.68 Å². The number of aromatic nitrogens is 4. The van der Waals surface area contributed by atoms with Crippen LogP contribution in [0, 0.1) is 0 Å². The fourth-order valence-corrected chi connectivity index (χ4v) is 2.26. The SMILES string of the molecule is O=C(O)Cn1nccc1C(=O)Nc1cnn(Cc2ccccc2)c1. The van der Waals surface area contributed by atoms with Gasteiger partial charge in [-0.3, -0.25) is 14.3 Å². The summed E-state index contributed by atoms with van der Waals surface area (Å²) in [6.07, 6.45) is 4.64. The third-order valence-electron chi connectivity index (χ3n) is 3.31. The maximum absolute atomic E-state index is 12.2. The van der Waals surface area contributed by atoms with Gasteiger partial charge in [0.15, 0.2) is 0 Å². The van der Waals surface area contributed by atoms with E-state index in [0.717, 1.165) is 10.2 Å². The molecule has 24 heavy (non-hydrogen) atoms. The molecular weight excluding hydrogens is 310 g/mol. The third kappa shape index (κ3) is 3.67. The van der Waals surface area contributed by atoms with Gasteiger partial charge in [0.05, 0.1) is 18.4 Å². The number of carbonyl (C=O) groups excluding carboxylic acids is 1. The Morgan fingerprint density at radius 2 is 1.92 bits per heavy atom. The minimum atomic E-state index is -1.07. The Bertz CT molecular complexity index is 853. The number of carboxylic acids is 1. The first-order chi connectivity index (χ1) is 11.6. The molecule has 2 heterocycles. The van der Waals surface area contributed by atoms with E-state index < -0.39 is 11.9 Å². The molecule has 8 heteroatoms. The molecule has 0 radical (unpaired) electrons. The van der Waals surface area contributed by atoms with E-state index in [4.69, 9.17) is 5.11 Å². The number of rotatable bonds is 6. The highest BCUT2D eigenvalue weighted by Gasteiger charge is 2.14. The molecule has 122 valence electrons. The van der Waals surface area contributed by atoms with Crippen LogP contribution in [0.4, 0.5) is 5.69 Å². The number of hydrogen-bond donors (Lipinski definition) is 2. The number of aliphatic carboxylic acids is 1. The Morgan fingerprint density at radius 1 is 1.12 bits per heavy atom. The van der Waals surface area contributed by atoms with Gasteiger partial charge in [-0.1, -0.05) is 30.3 Å². The molecule has 0 unspecified atom stereocenters. The van der Waals surface area contributed by atoms with Gasteiger partial charge in [0, 0.05) is 12.4 Å². The van der Waals surface area contributed by atoms with Gasteiger partial charge >= 0.3 is 5.97 Å². The zero-order valence-electron chi connectivity index (χ0n) is 12.7. The van der Waals surface area contributed by atoms with Crippen LogP contribution in [0.25, 0.3) is 0 Å². The molecule has 0 aliphatic carbocycles. The predicted molar refractivity (Wildman–Crippen MR) is 85.6 cm³/mol. The maximum Gasteiger partial charge on any atom is 0.325 e.